The van der Waals surface area contributed by atoms with E-state index in [1.54, 1.807) is 37.5 Å². The Balaban J connectivity index is 1.44. The zero-order valence-electron chi connectivity index (χ0n) is 16.9. The first-order valence-corrected chi connectivity index (χ1v) is 10.1. The molecule has 0 aromatic carbocycles. The third kappa shape index (κ3) is 4.48. The van der Waals surface area contributed by atoms with E-state index in [0.717, 1.165) is 25.9 Å². The molecule has 0 spiro atoms. The molecule has 29 heavy (non-hydrogen) atoms. The highest BCUT2D eigenvalue weighted by Crippen LogP contribution is 2.42. The van der Waals surface area contributed by atoms with Crippen molar-refractivity contribution in [2.75, 3.05) is 33.8 Å². The van der Waals surface area contributed by atoms with Gasteiger partial charge in [-0.25, -0.2) is 4.39 Å². The standard InChI is InChI=1S/C21H28FN5O2/c1-25(2)21(28)14-29-20-9-17-13-26(11-15-4-6-23-10-18(15)22)12-16(17)8-19(20)27-7-3-5-24-27/h3-7,10,16-17,19-20H,8-9,11-14H2,1-2H3/t16-,17+,19-,20-/m0/s1. The number of halogens is 1. The molecule has 1 amide bonds. The first kappa shape index (κ1) is 20.0. The summed E-state index contributed by atoms with van der Waals surface area (Å²) in [5, 5.41) is 4.44. The molecule has 0 unspecified atom stereocenters. The van der Waals surface area contributed by atoms with Gasteiger partial charge < -0.3 is 9.64 Å². The Kier molecular flexibility index (Phi) is 5.91. The van der Waals surface area contributed by atoms with Crippen LogP contribution in [0.4, 0.5) is 4.39 Å². The van der Waals surface area contributed by atoms with Crippen molar-refractivity contribution in [3.8, 4) is 0 Å². The number of likely N-dealkylation sites (N-methyl/N-ethyl adjacent to an activating group) is 1. The van der Waals surface area contributed by atoms with Gasteiger partial charge >= 0.3 is 0 Å². The summed E-state index contributed by atoms with van der Waals surface area (Å²) in [6, 6.07) is 3.78. The van der Waals surface area contributed by atoms with Gasteiger partial charge in [-0.05, 0) is 36.8 Å². The van der Waals surface area contributed by atoms with E-state index >= 15 is 0 Å². The molecule has 4 rings (SSSR count). The minimum atomic E-state index is -0.250. The van der Waals surface area contributed by atoms with Gasteiger partial charge in [-0.1, -0.05) is 0 Å². The van der Waals surface area contributed by atoms with Crippen molar-refractivity contribution in [3.63, 3.8) is 0 Å². The predicted molar refractivity (Wildman–Crippen MR) is 105 cm³/mol. The molecule has 7 nitrogen and oxygen atoms in total. The van der Waals surface area contributed by atoms with Crippen molar-refractivity contribution in [2.45, 2.75) is 31.5 Å². The molecule has 0 bridgehead atoms. The number of amides is 1. The summed E-state index contributed by atoms with van der Waals surface area (Å²) in [7, 11) is 3.47. The lowest BCUT2D eigenvalue weighted by molar-refractivity contribution is -0.138. The van der Waals surface area contributed by atoms with Gasteiger partial charge in [0.2, 0.25) is 5.91 Å². The second-order valence-corrected chi connectivity index (χ2v) is 8.34. The van der Waals surface area contributed by atoms with Gasteiger partial charge in [-0.3, -0.25) is 19.4 Å². The normalized spacial score (nSPS) is 27.0. The molecule has 0 N–H and O–H groups in total. The van der Waals surface area contributed by atoms with Gasteiger partial charge in [-0.2, -0.15) is 5.10 Å². The Labute approximate surface area is 170 Å². The van der Waals surface area contributed by atoms with Crippen LogP contribution in [0.5, 0.6) is 0 Å². The number of aromatic nitrogens is 3. The van der Waals surface area contributed by atoms with E-state index in [9.17, 15) is 9.18 Å². The SMILES string of the molecule is CN(C)C(=O)CO[C@H]1C[C@@H]2CN(Cc3ccncc3F)C[C@@H]2C[C@@H]1n1cccn1. The molecule has 1 aliphatic heterocycles. The lowest BCUT2D eigenvalue weighted by atomic mass is 9.77. The zero-order chi connectivity index (χ0) is 20.4. The smallest absolute Gasteiger partial charge is 0.248 e. The van der Waals surface area contributed by atoms with Crippen molar-refractivity contribution < 1.29 is 13.9 Å². The Morgan fingerprint density at radius 3 is 2.76 bits per heavy atom. The quantitative estimate of drug-likeness (QED) is 0.741. The average Bonchev–Trinajstić information content (AvgIpc) is 3.36. The maximum absolute atomic E-state index is 14.0. The lowest BCUT2D eigenvalue weighted by Gasteiger charge is -2.38. The van der Waals surface area contributed by atoms with Gasteiger partial charge in [0.1, 0.15) is 12.4 Å². The van der Waals surface area contributed by atoms with Gasteiger partial charge in [0.15, 0.2) is 0 Å². The molecule has 2 fully saturated rings. The second-order valence-electron chi connectivity index (χ2n) is 8.34. The van der Waals surface area contributed by atoms with E-state index in [4.69, 9.17) is 4.74 Å². The lowest BCUT2D eigenvalue weighted by Crippen LogP contribution is -2.40. The Morgan fingerprint density at radius 1 is 1.28 bits per heavy atom. The summed E-state index contributed by atoms with van der Waals surface area (Å²) in [6.45, 7) is 2.53. The van der Waals surface area contributed by atoms with Crippen molar-refractivity contribution in [3.05, 3.63) is 48.3 Å². The van der Waals surface area contributed by atoms with Crippen LogP contribution >= 0.6 is 0 Å². The van der Waals surface area contributed by atoms with E-state index in [1.165, 1.54) is 6.20 Å². The fourth-order valence-corrected chi connectivity index (χ4v) is 4.63. The summed E-state index contributed by atoms with van der Waals surface area (Å²) in [5.41, 5.74) is 0.687. The molecule has 1 saturated heterocycles. The molecule has 2 aromatic rings. The number of rotatable bonds is 6. The van der Waals surface area contributed by atoms with Crippen LogP contribution in [0.2, 0.25) is 0 Å². The van der Waals surface area contributed by atoms with Crippen LogP contribution in [-0.2, 0) is 16.1 Å². The summed E-state index contributed by atoms with van der Waals surface area (Å²) in [5.74, 6) is 0.706. The molecular formula is C21H28FN5O2. The molecule has 156 valence electrons. The molecule has 0 radical (unpaired) electrons. The maximum Gasteiger partial charge on any atom is 0.248 e. The Hall–Kier alpha value is -2.32. The number of nitrogens with zero attached hydrogens (tertiary/aromatic N) is 5. The second kappa shape index (κ2) is 8.59. The van der Waals surface area contributed by atoms with Crippen LogP contribution in [-0.4, -0.2) is 70.4 Å². The highest BCUT2D eigenvalue weighted by molar-refractivity contribution is 5.76. The topological polar surface area (TPSA) is 63.5 Å². The first-order chi connectivity index (χ1) is 14.0. The molecule has 3 heterocycles. The van der Waals surface area contributed by atoms with E-state index in [1.807, 2.05) is 16.9 Å². The van der Waals surface area contributed by atoms with E-state index < -0.39 is 0 Å². The summed E-state index contributed by atoms with van der Waals surface area (Å²) in [4.78, 5) is 19.7. The van der Waals surface area contributed by atoms with E-state index in [-0.39, 0.29) is 30.5 Å². The molecule has 1 aliphatic carbocycles. The van der Waals surface area contributed by atoms with E-state index in [2.05, 4.69) is 15.0 Å². The number of carbonyl (C=O) groups excluding carboxylic acids is 1. The summed E-state index contributed by atoms with van der Waals surface area (Å²) in [6.07, 6.45) is 8.43. The monoisotopic (exact) mass is 401 g/mol. The third-order valence-electron chi connectivity index (χ3n) is 6.20. The number of hydrogen-bond donors (Lipinski definition) is 0. The summed E-state index contributed by atoms with van der Waals surface area (Å²) < 4.78 is 22.1. The summed E-state index contributed by atoms with van der Waals surface area (Å²) >= 11 is 0. The van der Waals surface area contributed by atoms with Crippen molar-refractivity contribution in [1.29, 1.82) is 0 Å². The number of pyridine rings is 1. The molecule has 2 aliphatic rings. The highest BCUT2D eigenvalue weighted by atomic mass is 19.1. The number of likely N-dealkylation sites (tertiary alicyclic amines) is 1. The van der Waals surface area contributed by atoms with Crippen LogP contribution in [0.15, 0.2) is 36.9 Å². The first-order valence-electron chi connectivity index (χ1n) is 10.1. The fraction of sp³-hybridized carbons (Fsp3) is 0.571. The Morgan fingerprint density at radius 2 is 2.07 bits per heavy atom. The van der Waals surface area contributed by atoms with Crippen molar-refractivity contribution >= 4 is 5.91 Å². The van der Waals surface area contributed by atoms with Gasteiger partial charge in [0, 0.05) is 57.9 Å². The molecular weight excluding hydrogens is 373 g/mol. The van der Waals surface area contributed by atoms with Gasteiger partial charge in [-0.15, -0.1) is 0 Å². The molecule has 1 saturated carbocycles. The highest BCUT2D eigenvalue weighted by Gasteiger charge is 2.43. The van der Waals surface area contributed by atoms with Crippen molar-refractivity contribution in [2.24, 2.45) is 11.8 Å². The van der Waals surface area contributed by atoms with Crippen LogP contribution in [0.3, 0.4) is 0 Å². The minimum absolute atomic E-state index is 0.0347. The Bertz CT molecular complexity index is 828. The fourth-order valence-electron chi connectivity index (χ4n) is 4.63. The van der Waals surface area contributed by atoms with Crippen LogP contribution in [0.25, 0.3) is 0 Å². The number of fused-ring (bicyclic) bond motifs is 1. The molecule has 4 atom stereocenters. The molecule has 8 heteroatoms. The third-order valence-corrected chi connectivity index (χ3v) is 6.20. The maximum atomic E-state index is 14.0. The van der Waals surface area contributed by atoms with Gasteiger partial charge in [0.05, 0.1) is 18.3 Å². The average molecular weight is 401 g/mol. The number of carbonyl (C=O) groups is 1. The predicted octanol–water partition coefficient (Wildman–Crippen LogP) is 1.97. The van der Waals surface area contributed by atoms with Crippen LogP contribution in [0.1, 0.15) is 24.4 Å². The largest absolute Gasteiger partial charge is 0.366 e. The van der Waals surface area contributed by atoms with Gasteiger partial charge in [0.25, 0.3) is 0 Å². The zero-order valence-corrected chi connectivity index (χ0v) is 16.9. The minimum Gasteiger partial charge on any atom is -0.366 e. The molecule has 2 aromatic heterocycles. The van der Waals surface area contributed by atoms with Crippen molar-refractivity contribution in [1.82, 2.24) is 24.6 Å². The van der Waals surface area contributed by atoms with Crippen LogP contribution in [0, 0.1) is 17.7 Å². The van der Waals surface area contributed by atoms with Crippen LogP contribution < -0.4 is 0 Å². The number of ether oxygens (including phenoxy) is 1. The number of hydrogen-bond acceptors (Lipinski definition) is 5. The van der Waals surface area contributed by atoms with E-state index in [0.29, 0.717) is 23.9 Å².